The average Bonchev–Trinajstić information content (AvgIpc) is 2.46. The third-order valence-electron chi connectivity index (χ3n) is 3.48. The number of carbonyl (C=O) groups excluding carboxylic acids is 1. The molecule has 1 aliphatic rings. The maximum Gasteiger partial charge on any atom is 0.255 e. The average molecular weight is 276 g/mol. The smallest absolute Gasteiger partial charge is 0.255 e. The zero-order valence-corrected chi connectivity index (χ0v) is 12.3. The van der Waals surface area contributed by atoms with E-state index in [-0.39, 0.29) is 11.9 Å². The largest absolute Gasteiger partial charge is 0.492 e. The topological polar surface area (TPSA) is 50.4 Å². The van der Waals surface area contributed by atoms with Crippen molar-refractivity contribution in [2.75, 3.05) is 19.7 Å². The van der Waals surface area contributed by atoms with Crippen molar-refractivity contribution in [3.05, 3.63) is 29.8 Å². The Kier molecular flexibility index (Phi) is 5.41. The van der Waals surface area contributed by atoms with Crippen molar-refractivity contribution in [1.29, 1.82) is 0 Å². The minimum absolute atomic E-state index is 0.0686. The number of para-hydroxylation sites is 1. The molecule has 1 aliphatic heterocycles. The molecule has 0 radical (unpaired) electrons. The van der Waals surface area contributed by atoms with Crippen LogP contribution in [0.5, 0.6) is 5.75 Å². The van der Waals surface area contributed by atoms with Gasteiger partial charge in [-0.05, 0) is 57.8 Å². The van der Waals surface area contributed by atoms with Gasteiger partial charge in [-0.1, -0.05) is 12.1 Å². The molecule has 0 spiro atoms. The van der Waals surface area contributed by atoms with Gasteiger partial charge in [-0.25, -0.2) is 0 Å². The van der Waals surface area contributed by atoms with E-state index in [0.29, 0.717) is 23.8 Å². The Hall–Kier alpha value is -1.55. The van der Waals surface area contributed by atoms with Gasteiger partial charge < -0.3 is 15.4 Å². The van der Waals surface area contributed by atoms with Crippen molar-refractivity contribution in [3.63, 3.8) is 0 Å². The zero-order valence-electron chi connectivity index (χ0n) is 12.3. The number of carbonyl (C=O) groups is 1. The minimum atomic E-state index is -0.0686. The highest BCUT2D eigenvalue weighted by Crippen LogP contribution is 2.20. The molecule has 2 rings (SSSR count). The quantitative estimate of drug-likeness (QED) is 0.867. The molecule has 1 fully saturated rings. The normalized spacial score (nSPS) is 16.1. The summed E-state index contributed by atoms with van der Waals surface area (Å²) in [6.45, 7) is 6.72. The molecule has 0 unspecified atom stereocenters. The van der Waals surface area contributed by atoms with Crippen LogP contribution in [0, 0.1) is 5.92 Å². The molecule has 110 valence electrons. The Morgan fingerprint density at radius 1 is 1.35 bits per heavy atom. The Labute approximate surface area is 120 Å². The molecule has 1 aromatic rings. The molecule has 0 aliphatic carbocycles. The highest BCUT2D eigenvalue weighted by atomic mass is 16.5. The monoisotopic (exact) mass is 276 g/mol. The molecular formula is C16H24N2O2. The number of ether oxygens (including phenoxy) is 1. The van der Waals surface area contributed by atoms with Crippen molar-refractivity contribution < 1.29 is 9.53 Å². The summed E-state index contributed by atoms with van der Waals surface area (Å²) in [6, 6.07) is 7.59. The fourth-order valence-corrected chi connectivity index (χ4v) is 2.38. The van der Waals surface area contributed by atoms with E-state index in [0.717, 1.165) is 25.9 Å². The second kappa shape index (κ2) is 7.29. The fraction of sp³-hybridized carbons (Fsp3) is 0.562. The molecule has 4 heteroatoms. The lowest BCUT2D eigenvalue weighted by Crippen LogP contribution is -2.32. The van der Waals surface area contributed by atoms with E-state index in [1.54, 1.807) is 0 Å². The van der Waals surface area contributed by atoms with Crippen LogP contribution in [0.4, 0.5) is 0 Å². The van der Waals surface area contributed by atoms with E-state index in [1.807, 2.05) is 38.1 Å². The number of nitrogens with one attached hydrogen (secondary N) is 2. The molecule has 2 N–H and O–H groups in total. The van der Waals surface area contributed by atoms with Crippen LogP contribution in [0.2, 0.25) is 0 Å². The summed E-state index contributed by atoms with van der Waals surface area (Å²) in [5, 5.41) is 6.25. The van der Waals surface area contributed by atoms with E-state index in [9.17, 15) is 4.79 Å². The van der Waals surface area contributed by atoms with Crippen LogP contribution in [-0.4, -0.2) is 31.6 Å². The molecule has 0 bridgehead atoms. The van der Waals surface area contributed by atoms with Gasteiger partial charge in [0, 0.05) is 6.04 Å². The number of piperidine rings is 1. The highest BCUT2D eigenvalue weighted by molar-refractivity contribution is 5.97. The van der Waals surface area contributed by atoms with E-state index in [2.05, 4.69) is 10.6 Å². The number of benzene rings is 1. The van der Waals surface area contributed by atoms with Gasteiger partial charge in [-0.15, -0.1) is 0 Å². The van der Waals surface area contributed by atoms with Gasteiger partial charge in [0.1, 0.15) is 5.75 Å². The standard InChI is InChI=1S/C16H24N2O2/c1-12(2)18-16(19)14-5-3-4-6-15(14)20-11-13-7-9-17-10-8-13/h3-6,12-13,17H,7-11H2,1-2H3,(H,18,19). The highest BCUT2D eigenvalue weighted by Gasteiger charge is 2.16. The molecule has 1 aromatic carbocycles. The van der Waals surface area contributed by atoms with Gasteiger partial charge in [0.2, 0.25) is 0 Å². The molecule has 0 aromatic heterocycles. The summed E-state index contributed by atoms with van der Waals surface area (Å²) in [5.41, 5.74) is 0.620. The van der Waals surface area contributed by atoms with Gasteiger partial charge in [0.15, 0.2) is 0 Å². The van der Waals surface area contributed by atoms with Crippen LogP contribution in [0.3, 0.4) is 0 Å². The zero-order chi connectivity index (χ0) is 14.4. The Balaban J connectivity index is 1.98. The summed E-state index contributed by atoms with van der Waals surface area (Å²) in [6.07, 6.45) is 2.28. The SMILES string of the molecule is CC(C)NC(=O)c1ccccc1OCC1CCNCC1. The first-order valence-electron chi connectivity index (χ1n) is 7.40. The van der Waals surface area contributed by atoms with Crippen molar-refractivity contribution in [3.8, 4) is 5.75 Å². The molecular weight excluding hydrogens is 252 g/mol. The number of amides is 1. The van der Waals surface area contributed by atoms with Gasteiger partial charge in [0.25, 0.3) is 5.91 Å². The first kappa shape index (κ1) is 14.9. The predicted molar refractivity (Wildman–Crippen MR) is 80.1 cm³/mol. The summed E-state index contributed by atoms with van der Waals surface area (Å²) >= 11 is 0. The van der Waals surface area contributed by atoms with Gasteiger partial charge in [-0.2, -0.15) is 0 Å². The number of hydrogen-bond donors (Lipinski definition) is 2. The lowest BCUT2D eigenvalue weighted by molar-refractivity contribution is 0.0937. The first-order valence-corrected chi connectivity index (χ1v) is 7.40. The third-order valence-corrected chi connectivity index (χ3v) is 3.48. The van der Waals surface area contributed by atoms with Gasteiger partial charge in [0.05, 0.1) is 12.2 Å². The summed E-state index contributed by atoms with van der Waals surface area (Å²) < 4.78 is 5.89. The maximum absolute atomic E-state index is 12.1. The molecule has 1 saturated heterocycles. The van der Waals surface area contributed by atoms with Crippen LogP contribution < -0.4 is 15.4 Å². The van der Waals surface area contributed by atoms with Crippen molar-refractivity contribution in [2.24, 2.45) is 5.92 Å². The van der Waals surface area contributed by atoms with Crippen LogP contribution in [0.25, 0.3) is 0 Å². The van der Waals surface area contributed by atoms with E-state index < -0.39 is 0 Å². The molecule has 0 atom stereocenters. The minimum Gasteiger partial charge on any atom is -0.492 e. The van der Waals surface area contributed by atoms with Crippen LogP contribution in [0.1, 0.15) is 37.0 Å². The van der Waals surface area contributed by atoms with Gasteiger partial charge >= 0.3 is 0 Å². The van der Waals surface area contributed by atoms with Crippen LogP contribution in [0.15, 0.2) is 24.3 Å². The lowest BCUT2D eigenvalue weighted by atomic mass is 9.99. The van der Waals surface area contributed by atoms with Gasteiger partial charge in [-0.3, -0.25) is 4.79 Å². The van der Waals surface area contributed by atoms with E-state index >= 15 is 0 Å². The summed E-state index contributed by atoms with van der Waals surface area (Å²) in [4.78, 5) is 12.1. The molecule has 20 heavy (non-hydrogen) atoms. The van der Waals surface area contributed by atoms with E-state index in [1.165, 1.54) is 0 Å². The summed E-state index contributed by atoms with van der Waals surface area (Å²) in [7, 11) is 0. The second-order valence-electron chi connectivity index (χ2n) is 5.63. The number of hydrogen-bond acceptors (Lipinski definition) is 3. The fourth-order valence-electron chi connectivity index (χ4n) is 2.38. The Bertz CT molecular complexity index is 440. The van der Waals surface area contributed by atoms with Crippen LogP contribution in [-0.2, 0) is 0 Å². The van der Waals surface area contributed by atoms with Crippen molar-refractivity contribution in [1.82, 2.24) is 10.6 Å². The van der Waals surface area contributed by atoms with Crippen LogP contribution >= 0.6 is 0 Å². The summed E-state index contributed by atoms with van der Waals surface area (Å²) in [5.74, 6) is 1.20. The molecule has 0 saturated carbocycles. The molecule has 4 nitrogen and oxygen atoms in total. The second-order valence-corrected chi connectivity index (χ2v) is 5.63. The number of rotatable bonds is 5. The molecule has 1 heterocycles. The van der Waals surface area contributed by atoms with Crippen molar-refractivity contribution >= 4 is 5.91 Å². The van der Waals surface area contributed by atoms with Crippen molar-refractivity contribution in [2.45, 2.75) is 32.7 Å². The van der Waals surface area contributed by atoms with E-state index in [4.69, 9.17) is 4.74 Å². The Morgan fingerprint density at radius 2 is 2.05 bits per heavy atom. The third kappa shape index (κ3) is 4.23. The predicted octanol–water partition coefficient (Wildman–Crippen LogP) is 2.20. The Morgan fingerprint density at radius 3 is 2.75 bits per heavy atom. The molecule has 1 amide bonds. The lowest BCUT2D eigenvalue weighted by Gasteiger charge is -2.23. The maximum atomic E-state index is 12.1. The first-order chi connectivity index (χ1) is 9.66.